The molecule has 2 aromatic carbocycles. The van der Waals surface area contributed by atoms with Crippen LogP contribution in [0.2, 0.25) is 0 Å². The minimum absolute atomic E-state index is 0.0935. The lowest BCUT2D eigenvalue weighted by Crippen LogP contribution is -2.43. The van der Waals surface area contributed by atoms with Crippen LogP contribution in [0.25, 0.3) is 11.1 Å². The number of fused-ring (bicyclic) bond motifs is 3. The van der Waals surface area contributed by atoms with E-state index in [1.54, 1.807) is 6.92 Å². The van der Waals surface area contributed by atoms with E-state index in [0.717, 1.165) is 22.3 Å². The van der Waals surface area contributed by atoms with Crippen molar-refractivity contribution in [1.82, 2.24) is 5.32 Å². The second-order valence-corrected chi connectivity index (χ2v) is 8.16. The average molecular weight is 444 g/mol. The number of ether oxygens (including phenoxy) is 2. The van der Waals surface area contributed by atoms with Crippen molar-refractivity contribution in [3.8, 4) is 11.1 Å². The number of aliphatic carboxylic acids is 1. The van der Waals surface area contributed by atoms with Gasteiger partial charge >= 0.3 is 18.0 Å². The lowest BCUT2D eigenvalue weighted by molar-refractivity contribution is -0.142. The van der Waals surface area contributed by atoms with Crippen LogP contribution in [0, 0.1) is 0 Å². The molecule has 0 saturated carbocycles. The number of carbonyl (C=O) groups excluding carboxylic acids is 2. The molecular formula is C23H25NO6S. The van der Waals surface area contributed by atoms with Crippen LogP contribution in [-0.2, 0) is 19.1 Å². The maximum absolute atomic E-state index is 12.3. The molecule has 31 heavy (non-hydrogen) atoms. The number of carboxylic acids is 1. The molecule has 0 aromatic heterocycles. The molecular weight excluding hydrogens is 418 g/mol. The van der Waals surface area contributed by atoms with E-state index in [9.17, 15) is 19.5 Å². The number of benzene rings is 2. The van der Waals surface area contributed by atoms with Gasteiger partial charge in [0.05, 0.1) is 0 Å². The van der Waals surface area contributed by atoms with E-state index in [2.05, 4.69) is 5.32 Å². The summed E-state index contributed by atoms with van der Waals surface area (Å²) in [6.07, 6.45) is -0.474. The third-order valence-corrected chi connectivity index (χ3v) is 6.02. The Morgan fingerprint density at radius 1 is 1.03 bits per heavy atom. The summed E-state index contributed by atoms with van der Waals surface area (Å²) in [6.45, 7) is 2.02. The molecule has 0 saturated heterocycles. The zero-order chi connectivity index (χ0) is 22.2. The lowest BCUT2D eigenvalue weighted by Gasteiger charge is -2.17. The van der Waals surface area contributed by atoms with E-state index in [0.29, 0.717) is 12.2 Å². The highest BCUT2D eigenvalue weighted by Crippen LogP contribution is 2.44. The van der Waals surface area contributed by atoms with Crippen LogP contribution < -0.4 is 5.32 Å². The van der Waals surface area contributed by atoms with Gasteiger partial charge in [0.2, 0.25) is 0 Å². The van der Waals surface area contributed by atoms with Gasteiger partial charge in [-0.15, -0.1) is 0 Å². The smallest absolute Gasteiger partial charge is 0.407 e. The molecule has 1 amide bonds. The monoisotopic (exact) mass is 443 g/mol. The van der Waals surface area contributed by atoms with Crippen LogP contribution in [0.5, 0.6) is 0 Å². The SMILES string of the molecule is CCC(=O)OCCSC[C@H](NC(=O)OCC1c2ccccc2-c2ccccc21)C(=O)O. The summed E-state index contributed by atoms with van der Waals surface area (Å²) in [4.78, 5) is 34.9. The maximum atomic E-state index is 12.3. The number of alkyl carbamates (subject to hydrolysis) is 1. The Kier molecular flexibility index (Phi) is 7.94. The fourth-order valence-corrected chi connectivity index (χ4v) is 4.30. The van der Waals surface area contributed by atoms with E-state index >= 15 is 0 Å². The Morgan fingerprint density at radius 3 is 2.23 bits per heavy atom. The summed E-state index contributed by atoms with van der Waals surface area (Å²) in [5.74, 6) is -0.951. The minimum atomic E-state index is -1.15. The molecule has 0 heterocycles. The van der Waals surface area contributed by atoms with Crippen LogP contribution in [-0.4, -0.2) is 53.9 Å². The van der Waals surface area contributed by atoms with Crippen LogP contribution in [0.3, 0.4) is 0 Å². The van der Waals surface area contributed by atoms with Crippen molar-refractivity contribution in [2.24, 2.45) is 0 Å². The molecule has 3 rings (SSSR count). The van der Waals surface area contributed by atoms with Crippen molar-refractivity contribution >= 4 is 29.8 Å². The normalized spacial score (nSPS) is 13.1. The number of hydrogen-bond acceptors (Lipinski definition) is 6. The Bertz CT molecular complexity index is 902. The van der Waals surface area contributed by atoms with Gasteiger partial charge in [0.15, 0.2) is 0 Å². The zero-order valence-corrected chi connectivity index (χ0v) is 18.0. The van der Waals surface area contributed by atoms with Crippen molar-refractivity contribution in [2.75, 3.05) is 24.7 Å². The summed E-state index contributed by atoms with van der Waals surface area (Å²) in [7, 11) is 0. The first-order valence-electron chi connectivity index (χ1n) is 10.1. The number of hydrogen-bond donors (Lipinski definition) is 2. The van der Waals surface area contributed by atoms with E-state index in [-0.39, 0.29) is 30.9 Å². The van der Waals surface area contributed by atoms with Crippen molar-refractivity contribution in [3.63, 3.8) is 0 Å². The fraction of sp³-hybridized carbons (Fsp3) is 0.348. The highest BCUT2D eigenvalue weighted by Gasteiger charge is 2.29. The Hall–Kier alpha value is -3.00. The molecule has 0 aliphatic heterocycles. The fourth-order valence-electron chi connectivity index (χ4n) is 3.47. The van der Waals surface area contributed by atoms with Gasteiger partial charge in [0.25, 0.3) is 0 Å². The zero-order valence-electron chi connectivity index (χ0n) is 17.2. The number of rotatable bonds is 10. The molecule has 1 atom stereocenters. The molecule has 0 radical (unpaired) electrons. The van der Waals surface area contributed by atoms with Gasteiger partial charge in [0.1, 0.15) is 19.3 Å². The Morgan fingerprint density at radius 2 is 1.65 bits per heavy atom. The van der Waals surface area contributed by atoms with Gasteiger partial charge in [-0.25, -0.2) is 9.59 Å². The van der Waals surface area contributed by atoms with Gasteiger partial charge < -0.3 is 19.9 Å². The second kappa shape index (κ2) is 10.9. The summed E-state index contributed by atoms with van der Waals surface area (Å²) in [6, 6.07) is 14.9. The molecule has 8 heteroatoms. The molecule has 164 valence electrons. The van der Waals surface area contributed by atoms with Crippen molar-refractivity contribution in [1.29, 1.82) is 0 Å². The van der Waals surface area contributed by atoms with Crippen molar-refractivity contribution < 1.29 is 29.0 Å². The predicted molar refractivity (Wildman–Crippen MR) is 118 cm³/mol. The van der Waals surface area contributed by atoms with Gasteiger partial charge in [-0.2, -0.15) is 11.8 Å². The topological polar surface area (TPSA) is 102 Å². The Labute approximate surface area is 185 Å². The summed E-state index contributed by atoms with van der Waals surface area (Å²) >= 11 is 1.28. The number of esters is 1. The number of amides is 1. The number of carbonyl (C=O) groups is 3. The highest BCUT2D eigenvalue weighted by molar-refractivity contribution is 7.99. The van der Waals surface area contributed by atoms with Gasteiger partial charge in [0, 0.05) is 23.8 Å². The molecule has 0 bridgehead atoms. The second-order valence-electron chi connectivity index (χ2n) is 7.01. The lowest BCUT2D eigenvalue weighted by atomic mass is 9.98. The van der Waals surface area contributed by atoms with Crippen LogP contribution in [0.4, 0.5) is 4.79 Å². The van der Waals surface area contributed by atoms with E-state index in [1.165, 1.54) is 11.8 Å². The van der Waals surface area contributed by atoms with Gasteiger partial charge in [-0.1, -0.05) is 55.5 Å². The summed E-state index contributed by atoms with van der Waals surface area (Å²) < 4.78 is 10.4. The first kappa shape index (κ1) is 22.7. The van der Waals surface area contributed by atoms with E-state index < -0.39 is 18.1 Å². The maximum Gasteiger partial charge on any atom is 0.407 e. The molecule has 0 unspecified atom stereocenters. The molecule has 0 spiro atoms. The molecule has 2 N–H and O–H groups in total. The summed E-state index contributed by atoms with van der Waals surface area (Å²) in [5.41, 5.74) is 4.42. The number of carboxylic acid groups (broad SMARTS) is 1. The highest BCUT2D eigenvalue weighted by atomic mass is 32.2. The molecule has 7 nitrogen and oxygen atoms in total. The summed E-state index contributed by atoms with van der Waals surface area (Å²) in [5, 5.41) is 11.8. The molecule has 0 fully saturated rings. The standard InChI is InChI=1S/C23H25NO6S/c1-2-21(25)29-11-12-31-14-20(22(26)27)24-23(28)30-13-19-17-9-5-3-7-15(17)16-8-4-6-10-18(16)19/h3-10,19-20H,2,11-14H2,1H3,(H,24,28)(H,26,27)/t20-/m0/s1. The average Bonchev–Trinajstić information content (AvgIpc) is 3.10. The third kappa shape index (κ3) is 5.79. The van der Waals surface area contributed by atoms with E-state index in [1.807, 2.05) is 48.5 Å². The molecule has 1 aliphatic carbocycles. The van der Waals surface area contributed by atoms with Crippen LogP contribution >= 0.6 is 11.8 Å². The van der Waals surface area contributed by atoms with Crippen LogP contribution in [0.1, 0.15) is 30.4 Å². The van der Waals surface area contributed by atoms with Gasteiger partial charge in [-0.05, 0) is 22.3 Å². The predicted octanol–water partition coefficient (Wildman–Crippen LogP) is 3.66. The first-order chi connectivity index (χ1) is 15.0. The first-order valence-corrected chi connectivity index (χ1v) is 11.2. The van der Waals surface area contributed by atoms with Gasteiger partial charge in [-0.3, -0.25) is 4.79 Å². The van der Waals surface area contributed by atoms with Crippen LogP contribution in [0.15, 0.2) is 48.5 Å². The number of nitrogens with one attached hydrogen (secondary N) is 1. The van der Waals surface area contributed by atoms with Crippen molar-refractivity contribution in [2.45, 2.75) is 25.3 Å². The largest absolute Gasteiger partial charge is 0.480 e. The quantitative estimate of drug-likeness (QED) is 0.427. The Balaban J connectivity index is 1.52. The van der Waals surface area contributed by atoms with E-state index in [4.69, 9.17) is 9.47 Å². The third-order valence-electron chi connectivity index (χ3n) is 5.00. The molecule has 2 aromatic rings. The number of thioether (sulfide) groups is 1. The minimum Gasteiger partial charge on any atom is -0.480 e. The molecule has 1 aliphatic rings. The van der Waals surface area contributed by atoms with Crippen molar-refractivity contribution in [3.05, 3.63) is 59.7 Å².